The minimum Gasteiger partial charge on any atom is -0.382 e. The molecule has 1 heterocycles. The van der Waals surface area contributed by atoms with Gasteiger partial charge in [0.25, 0.3) is 0 Å². The number of rotatable bonds is 3. The standard InChI is InChI=1S/C10H15ClN4/c11-8-9(12)14-6-15-10(8)13-5-7-3-1-2-4-7/h6-7H,1-5H2,(H3,12,13,14,15). The Morgan fingerprint density at radius 2 is 2.13 bits per heavy atom. The summed E-state index contributed by atoms with van der Waals surface area (Å²) in [4.78, 5) is 7.88. The number of nitrogen functional groups attached to an aromatic ring is 1. The molecule has 0 bridgehead atoms. The summed E-state index contributed by atoms with van der Waals surface area (Å²) in [6.07, 6.45) is 6.70. The topological polar surface area (TPSA) is 63.8 Å². The molecular weight excluding hydrogens is 212 g/mol. The number of hydrogen-bond donors (Lipinski definition) is 2. The summed E-state index contributed by atoms with van der Waals surface area (Å²) in [5, 5.41) is 3.66. The van der Waals surface area contributed by atoms with Gasteiger partial charge < -0.3 is 11.1 Å². The van der Waals surface area contributed by atoms with E-state index in [0.717, 1.165) is 12.5 Å². The second-order valence-corrected chi connectivity index (χ2v) is 4.33. The molecule has 0 spiro atoms. The normalized spacial score (nSPS) is 16.9. The summed E-state index contributed by atoms with van der Waals surface area (Å²) in [5.74, 6) is 1.73. The zero-order valence-corrected chi connectivity index (χ0v) is 9.30. The predicted molar refractivity (Wildman–Crippen MR) is 61.9 cm³/mol. The largest absolute Gasteiger partial charge is 0.382 e. The van der Waals surface area contributed by atoms with Gasteiger partial charge in [0.05, 0.1) is 0 Å². The minimum absolute atomic E-state index is 0.334. The fourth-order valence-electron chi connectivity index (χ4n) is 1.96. The summed E-state index contributed by atoms with van der Waals surface area (Å²) < 4.78 is 0. The molecule has 1 saturated carbocycles. The first-order chi connectivity index (χ1) is 7.27. The molecule has 0 aliphatic heterocycles. The van der Waals surface area contributed by atoms with Crippen LogP contribution in [0.25, 0.3) is 0 Å². The van der Waals surface area contributed by atoms with Crippen molar-refractivity contribution in [1.29, 1.82) is 0 Å². The number of aromatic nitrogens is 2. The molecule has 0 radical (unpaired) electrons. The monoisotopic (exact) mass is 226 g/mol. The zero-order valence-electron chi connectivity index (χ0n) is 8.54. The second kappa shape index (κ2) is 4.66. The maximum Gasteiger partial charge on any atom is 0.150 e. The third kappa shape index (κ3) is 2.50. The zero-order chi connectivity index (χ0) is 10.7. The first-order valence-electron chi connectivity index (χ1n) is 5.27. The van der Waals surface area contributed by atoms with Crippen molar-refractivity contribution in [3.8, 4) is 0 Å². The van der Waals surface area contributed by atoms with Gasteiger partial charge >= 0.3 is 0 Å². The van der Waals surface area contributed by atoms with Gasteiger partial charge in [-0.05, 0) is 18.8 Å². The van der Waals surface area contributed by atoms with Crippen LogP contribution in [0.2, 0.25) is 5.02 Å². The van der Waals surface area contributed by atoms with Crippen molar-refractivity contribution in [2.24, 2.45) is 5.92 Å². The van der Waals surface area contributed by atoms with Gasteiger partial charge in [-0.25, -0.2) is 9.97 Å². The lowest BCUT2D eigenvalue weighted by Crippen LogP contribution is -2.12. The van der Waals surface area contributed by atoms with Crippen molar-refractivity contribution in [3.05, 3.63) is 11.3 Å². The fourth-order valence-corrected chi connectivity index (χ4v) is 2.13. The summed E-state index contributed by atoms with van der Waals surface area (Å²) in [6, 6.07) is 0. The van der Waals surface area contributed by atoms with Gasteiger partial charge in [0.2, 0.25) is 0 Å². The molecule has 0 amide bonds. The lowest BCUT2D eigenvalue weighted by Gasteiger charge is -2.12. The summed E-state index contributed by atoms with van der Waals surface area (Å²) in [6.45, 7) is 0.927. The Labute approximate surface area is 94.2 Å². The van der Waals surface area contributed by atoms with Crippen LogP contribution in [0.1, 0.15) is 25.7 Å². The van der Waals surface area contributed by atoms with E-state index in [9.17, 15) is 0 Å². The van der Waals surface area contributed by atoms with Crippen molar-refractivity contribution in [2.75, 3.05) is 17.6 Å². The smallest absolute Gasteiger partial charge is 0.150 e. The van der Waals surface area contributed by atoms with Crippen LogP contribution in [0.5, 0.6) is 0 Å². The maximum atomic E-state index is 5.97. The molecule has 1 aromatic rings. The first kappa shape index (κ1) is 10.5. The Balaban J connectivity index is 1.95. The number of nitrogens with two attached hydrogens (primary N) is 1. The van der Waals surface area contributed by atoms with E-state index in [1.807, 2.05) is 0 Å². The van der Waals surface area contributed by atoms with Crippen molar-refractivity contribution in [2.45, 2.75) is 25.7 Å². The predicted octanol–water partition coefficient (Wildman–Crippen LogP) is 2.31. The first-order valence-corrected chi connectivity index (χ1v) is 5.65. The van der Waals surface area contributed by atoms with E-state index in [0.29, 0.717) is 16.7 Å². The van der Waals surface area contributed by atoms with Crippen LogP contribution in [0, 0.1) is 5.92 Å². The lowest BCUT2D eigenvalue weighted by molar-refractivity contribution is 0.579. The molecule has 0 saturated heterocycles. The van der Waals surface area contributed by atoms with Gasteiger partial charge in [0.15, 0.2) is 0 Å². The molecule has 0 atom stereocenters. The lowest BCUT2D eigenvalue weighted by atomic mass is 10.1. The van der Waals surface area contributed by atoms with Crippen LogP contribution < -0.4 is 11.1 Å². The number of nitrogens with one attached hydrogen (secondary N) is 1. The Kier molecular flexibility index (Phi) is 3.26. The fraction of sp³-hybridized carbons (Fsp3) is 0.600. The van der Waals surface area contributed by atoms with Gasteiger partial charge in [-0.15, -0.1) is 0 Å². The maximum absolute atomic E-state index is 5.97. The molecule has 1 aromatic heterocycles. The molecule has 2 rings (SSSR count). The highest BCUT2D eigenvalue weighted by atomic mass is 35.5. The molecule has 5 heteroatoms. The van der Waals surface area contributed by atoms with Gasteiger partial charge in [-0.3, -0.25) is 0 Å². The van der Waals surface area contributed by atoms with E-state index in [2.05, 4.69) is 15.3 Å². The number of halogens is 1. The second-order valence-electron chi connectivity index (χ2n) is 3.95. The van der Waals surface area contributed by atoms with E-state index >= 15 is 0 Å². The van der Waals surface area contributed by atoms with E-state index in [1.54, 1.807) is 0 Å². The van der Waals surface area contributed by atoms with Gasteiger partial charge in [-0.2, -0.15) is 0 Å². The van der Waals surface area contributed by atoms with Crippen LogP contribution in [-0.4, -0.2) is 16.5 Å². The van der Waals surface area contributed by atoms with E-state index in [-0.39, 0.29) is 0 Å². The van der Waals surface area contributed by atoms with E-state index in [4.69, 9.17) is 17.3 Å². The van der Waals surface area contributed by atoms with Crippen LogP contribution in [0.3, 0.4) is 0 Å². The molecule has 1 fully saturated rings. The van der Waals surface area contributed by atoms with Crippen LogP contribution in [0.4, 0.5) is 11.6 Å². The molecule has 1 aliphatic rings. The molecule has 3 N–H and O–H groups in total. The van der Waals surface area contributed by atoms with Crippen molar-refractivity contribution >= 4 is 23.2 Å². The summed E-state index contributed by atoms with van der Waals surface area (Å²) >= 11 is 5.97. The molecule has 4 nitrogen and oxygen atoms in total. The quantitative estimate of drug-likeness (QED) is 0.830. The Morgan fingerprint density at radius 3 is 2.87 bits per heavy atom. The third-order valence-corrected chi connectivity index (χ3v) is 3.22. The Hall–Kier alpha value is -1.03. The average molecular weight is 227 g/mol. The molecule has 1 aliphatic carbocycles. The molecule has 0 unspecified atom stereocenters. The highest BCUT2D eigenvalue weighted by Crippen LogP contribution is 2.27. The Morgan fingerprint density at radius 1 is 1.40 bits per heavy atom. The SMILES string of the molecule is Nc1ncnc(NCC2CCCC2)c1Cl. The van der Waals surface area contributed by atoms with Gasteiger partial charge in [0, 0.05) is 6.54 Å². The van der Waals surface area contributed by atoms with Crippen molar-refractivity contribution in [3.63, 3.8) is 0 Å². The molecule has 15 heavy (non-hydrogen) atoms. The van der Waals surface area contributed by atoms with Gasteiger partial charge in [0.1, 0.15) is 23.0 Å². The molecular formula is C10H15ClN4. The van der Waals surface area contributed by atoms with Crippen molar-refractivity contribution in [1.82, 2.24) is 9.97 Å². The third-order valence-electron chi connectivity index (χ3n) is 2.85. The van der Waals surface area contributed by atoms with E-state index < -0.39 is 0 Å². The van der Waals surface area contributed by atoms with E-state index in [1.165, 1.54) is 32.0 Å². The highest BCUT2D eigenvalue weighted by molar-refractivity contribution is 6.35. The number of nitrogens with zero attached hydrogens (tertiary/aromatic N) is 2. The highest BCUT2D eigenvalue weighted by Gasteiger charge is 2.15. The number of hydrogen-bond acceptors (Lipinski definition) is 4. The van der Waals surface area contributed by atoms with Crippen LogP contribution in [0.15, 0.2) is 6.33 Å². The van der Waals surface area contributed by atoms with Crippen LogP contribution in [-0.2, 0) is 0 Å². The van der Waals surface area contributed by atoms with Crippen LogP contribution >= 0.6 is 11.6 Å². The van der Waals surface area contributed by atoms with Crippen molar-refractivity contribution < 1.29 is 0 Å². The minimum atomic E-state index is 0.334. The summed E-state index contributed by atoms with van der Waals surface area (Å²) in [5.41, 5.74) is 5.58. The molecule has 82 valence electrons. The summed E-state index contributed by atoms with van der Waals surface area (Å²) in [7, 11) is 0. The Bertz CT molecular complexity index is 336. The average Bonchev–Trinajstić information content (AvgIpc) is 2.73. The molecule has 0 aromatic carbocycles. The number of anilines is 2. The van der Waals surface area contributed by atoms with Gasteiger partial charge in [-0.1, -0.05) is 24.4 Å².